The van der Waals surface area contributed by atoms with Gasteiger partial charge in [0.15, 0.2) is 0 Å². The number of nitrogens with zero attached hydrogens (tertiary/aromatic N) is 2. The predicted molar refractivity (Wildman–Crippen MR) is 133 cm³/mol. The third-order valence-corrected chi connectivity index (χ3v) is 6.79. The van der Waals surface area contributed by atoms with E-state index in [0.717, 1.165) is 53.2 Å². The number of pyridine rings is 1. The van der Waals surface area contributed by atoms with Crippen LogP contribution in [0.15, 0.2) is 79.1 Å². The number of aromatic amines is 1. The smallest absolute Gasteiger partial charge is 0.139 e. The lowest BCUT2D eigenvalue weighted by atomic mass is 9.77. The lowest BCUT2D eigenvalue weighted by Gasteiger charge is -2.28. The van der Waals surface area contributed by atoms with Gasteiger partial charge in [-0.15, -0.1) is 0 Å². The number of hydrogen-bond acceptors (Lipinski definition) is 3. The SMILES string of the molecule is CC(=O)C[C@H]1CC[C@H](c2ccc(-c3ccc(-c4nc(-c5ccccc5)c[nH]4)cn3)cc2)CC1. The highest BCUT2D eigenvalue weighted by atomic mass is 16.1. The van der Waals surface area contributed by atoms with E-state index in [1.54, 1.807) is 6.92 Å². The number of rotatable bonds is 6. The highest BCUT2D eigenvalue weighted by Crippen LogP contribution is 2.37. The molecular weight excluding hydrogens is 406 g/mol. The van der Waals surface area contributed by atoms with Crippen molar-refractivity contribution < 1.29 is 4.79 Å². The van der Waals surface area contributed by atoms with Crippen molar-refractivity contribution in [2.24, 2.45) is 5.92 Å². The van der Waals surface area contributed by atoms with Crippen LogP contribution in [0.1, 0.15) is 50.5 Å². The van der Waals surface area contributed by atoms with Gasteiger partial charge in [0.05, 0.1) is 11.4 Å². The molecule has 1 aliphatic rings. The maximum atomic E-state index is 11.4. The molecule has 4 heteroatoms. The number of benzene rings is 2. The molecule has 5 rings (SSSR count). The minimum absolute atomic E-state index is 0.324. The fourth-order valence-electron chi connectivity index (χ4n) is 4.96. The highest BCUT2D eigenvalue weighted by molar-refractivity contribution is 5.75. The molecule has 0 spiro atoms. The molecule has 166 valence electrons. The van der Waals surface area contributed by atoms with Gasteiger partial charge in [0.2, 0.25) is 0 Å². The summed E-state index contributed by atoms with van der Waals surface area (Å²) in [6.07, 6.45) is 9.25. The van der Waals surface area contributed by atoms with Gasteiger partial charge in [-0.25, -0.2) is 4.98 Å². The van der Waals surface area contributed by atoms with Gasteiger partial charge >= 0.3 is 0 Å². The summed E-state index contributed by atoms with van der Waals surface area (Å²) in [5, 5.41) is 0. The highest BCUT2D eigenvalue weighted by Gasteiger charge is 2.23. The number of nitrogens with one attached hydrogen (secondary N) is 1. The lowest BCUT2D eigenvalue weighted by molar-refractivity contribution is -0.118. The van der Waals surface area contributed by atoms with Crippen LogP contribution in [0.4, 0.5) is 0 Å². The van der Waals surface area contributed by atoms with Crippen LogP contribution in [0.5, 0.6) is 0 Å². The maximum Gasteiger partial charge on any atom is 0.139 e. The fraction of sp³-hybridized carbons (Fsp3) is 0.276. The Balaban J connectivity index is 1.25. The molecule has 0 amide bonds. The molecule has 1 N–H and O–H groups in total. The normalized spacial score (nSPS) is 18.2. The molecule has 4 aromatic rings. The Labute approximate surface area is 195 Å². The third kappa shape index (κ3) is 4.95. The van der Waals surface area contributed by atoms with Crippen molar-refractivity contribution in [2.45, 2.75) is 44.9 Å². The number of carbonyl (C=O) groups excluding carboxylic acids is 1. The monoisotopic (exact) mass is 435 g/mol. The Morgan fingerprint density at radius 1 is 0.848 bits per heavy atom. The summed E-state index contributed by atoms with van der Waals surface area (Å²) in [4.78, 5) is 24.1. The van der Waals surface area contributed by atoms with Crippen molar-refractivity contribution in [1.82, 2.24) is 15.0 Å². The molecule has 2 aromatic carbocycles. The standard InChI is InChI=1S/C29H29N3O/c1-20(33)17-21-7-9-22(10-8-21)23-11-13-25(14-12-23)27-16-15-26(18-30-27)29-31-19-28(32-29)24-5-3-2-4-6-24/h2-6,11-16,18-19,21-22H,7-10,17H2,1H3,(H,31,32)/t21-,22-. The van der Waals surface area contributed by atoms with Gasteiger partial charge in [-0.05, 0) is 62.1 Å². The van der Waals surface area contributed by atoms with Crippen LogP contribution < -0.4 is 0 Å². The molecule has 0 aliphatic heterocycles. The Morgan fingerprint density at radius 3 is 2.21 bits per heavy atom. The van der Waals surface area contributed by atoms with E-state index >= 15 is 0 Å². The van der Waals surface area contributed by atoms with Crippen LogP contribution in [0.3, 0.4) is 0 Å². The van der Waals surface area contributed by atoms with Gasteiger partial charge < -0.3 is 9.78 Å². The first-order chi connectivity index (χ1) is 16.2. The largest absolute Gasteiger partial charge is 0.344 e. The average molecular weight is 436 g/mol. The van der Waals surface area contributed by atoms with Crippen LogP contribution in [0, 0.1) is 5.92 Å². The first-order valence-electron chi connectivity index (χ1n) is 11.8. The van der Waals surface area contributed by atoms with E-state index < -0.39 is 0 Å². The first kappa shape index (κ1) is 21.3. The summed E-state index contributed by atoms with van der Waals surface area (Å²) in [7, 11) is 0. The Hall–Kier alpha value is -3.53. The van der Waals surface area contributed by atoms with E-state index in [4.69, 9.17) is 9.97 Å². The summed E-state index contributed by atoms with van der Waals surface area (Å²) < 4.78 is 0. The molecule has 1 saturated carbocycles. The van der Waals surface area contributed by atoms with Crippen molar-refractivity contribution in [1.29, 1.82) is 0 Å². The van der Waals surface area contributed by atoms with Gasteiger partial charge in [0.25, 0.3) is 0 Å². The van der Waals surface area contributed by atoms with E-state index in [1.807, 2.05) is 30.6 Å². The Kier molecular flexibility index (Phi) is 6.16. The molecule has 4 nitrogen and oxygen atoms in total. The van der Waals surface area contributed by atoms with E-state index in [-0.39, 0.29) is 0 Å². The van der Waals surface area contributed by atoms with Crippen LogP contribution in [-0.2, 0) is 4.79 Å². The molecule has 33 heavy (non-hydrogen) atoms. The molecule has 0 bridgehead atoms. The third-order valence-electron chi connectivity index (χ3n) is 6.79. The van der Waals surface area contributed by atoms with E-state index in [0.29, 0.717) is 17.6 Å². The quantitative estimate of drug-likeness (QED) is 0.353. The average Bonchev–Trinajstić information content (AvgIpc) is 3.36. The van der Waals surface area contributed by atoms with Gasteiger partial charge in [-0.2, -0.15) is 0 Å². The zero-order valence-electron chi connectivity index (χ0n) is 19.0. The first-order valence-corrected chi connectivity index (χ1v) is 11.8. The molecule has 0 unspecified atom stereocenters. The number of aromatic nitrogens is 3. The predicted octanol–water partition coefficient (Wildman–Crippen LogP) is 7.06. The minimum atomic E-state index is 0.324. The number of hydrogen-bond donors (Lipinski definition) is 1. The minimum Gasteiger partial charge on any atom is -0.344 e. The molecule has 2 aromatic heterocycles. The Bertz CT molecular complexity index is 1200. The van der Waals surface area contributed by atoms with Gasteiger partial charge in [0.1, 0.15) is 11.6 Å². The van der Waals surface area contributed by atoms with E-state index in [1.165, 1.54) is 18.4 Å². The van der Waals surface area contributed by atoms with Gasteiger partial charge in [-0.1, -0.05) is 54.6 Å². The number of Topliss-reactive ketones (excluding diaryl/α,β-unsaturated/α-hetero) is 1. The molecule has 1 fully saturated rings. The van der Waals surface area contributed by atoms with Crippen molar-refractivity contribution in [3.63, 3.8) is 0 Å². The van der Waals surface area contributed by atoms with Gasteiger partial charge in [0, 0.05) is 35.5 Å². The summed E-state index contributed by atoms with van der Waals surface area (Å²) in [6.45, 7) is 1.71. The number of carbonyl (C=O) groups is 1. The summed E-state index contributed by atoms with van der Waals surface area (Å²) >= 11 is 0. The van der Waals surface area contributed by atoms with E-state index in [2.05, 4.69) is 53.5 Å². The topological polar surface area (TPSA) is 58.6 Å². The summed E-state index contributed by atoms with van der Waals surface area (Å²) in [5.41, 5.74) is 6.49. The van der Waals surface area contributed by atoms with Crippen molar-refractivity contribution in [3.05, 3.63) is 84.7 Å². The summed E-state index contributed by atoms with van der Waals surface area (Å²) in [6, 6.07) is 23.1. The van der Waals surface area contributed by atoms with Crippen molar-refractivity contribution >= 4 is 5.78 Å². The number of H-pyrrole nitrogens is 1. The second-order valence-corrected chi connectivity index (χ2v) is 9.18. The van der Waals surface area contributed by atoms with Crippen molar-refractivity contribution in [3.8, 4) is 33.9 Å². The summed E-state index contributed by atoms with van der Waals surface area (Å²) in [5.74, 6) is 2.34. The molecule has 0 atom stereocenters. The van der Waals surface area contributed by atoms with E-state index in [9.17, 15) is 4.79 Å². The molecule has 0 radical (unpaired) electrons. The number of imidazole rings is 1. The van der Waals surface area contributed by atoms with Gasteiger partial charge in [-0.3, -0.25) is 4.98 Å². The Morgan fingerprint density at radius 2 is 1.55 bits per heavy atom. The zero-order valence-corrected chi connectivity index (χ0v) is 19.0. The zero-order chi connectivity index (χ0) is 22.6. The molecular formula is C29H29N3O. The molecule has 2 heterocycles. The van der Waals surface area contributed by atoms with Crippen LogP contribution >= 0.6 is 0 Å². The van der Waals surface area contributed by atoms with Crippen LogP contribution in [0.2, 0.25) is 0 Å². The molecule has 1 aliphatic carbocycles. The molecule has 0 saturated heterocycles. The number of ketones is 1. The lowest BCUT2D eigenvalue weighted by Crippen LogP contribution is -2.15. The second kappa shape index (κ2) is 9.53. The fourth-order valence-corrected chi connectivity index (χ4v) is 4.96. The second-order valence-electron chi connectivity index (χ2n) is 9.18. The van der Waals surface area contributed by atoms with Crippen molar-refractivity contribution in [2.75, 3.05) is 0 Å². The maximum absolute atomic E-state index is 11.4. The van der Waals surface area contributed by atoms with Crippen LogP contribution in [0.25, 0.3) is 33.9 Å². The van der Waals surface area contributed by atoms with Crippen LogP contribution in [-0.4, -0.2) is 20.7 Å².